The van der Waals surface area contributed by atoms with Crippen LogP contribution in [0, 0.1) is 0 Å². The van der Waals surface area contributed by atoms with E-state index in [1.807, 2.05) is 4.90 Å². The Morgan fingerprint density at radius 1 is 1.16 bits per heavy atom. The summed E-state index contributed by atoms with van der Waals surface area (Å²) in [5.74, 6) is 0.513. The van der Waals surface area contributed by atoms with Gasteiger partial charge in [-0.25, -0.2) is 0 Å². The third-order valence-corrected chi connectivity index (χ3v) is 6.00. The zero-order valence-corrected chi connectivity index (χ0v) is 16.2. The largest absolute Gasteiger partial charge is 0.352 e. The fourth-order valence-electron chi connectivity index (χ4n) is 2.68. The molecular weight excluding hydrogens is 381 g/mol. The first-order valence-corrected chi connectivity index (χ1v) is 10.1. The van der Waals surface area contributed by atoms with Crippen LogP contribution in [0.5, 0.6) is 0 Å². The number of hydrogen-bond donors (Lipinski definition) is 1. The number of hydrogen-bond acceptors (Lipinski definition) is 4. The summed E-state index contributed by atoms with van der Waals surface area (Å²) in [7, 11) is 0. The smallest absolute Gasteiger partial charge is 0.234 e. The molecular formula is C17H21Cl2N3O2S. The summed E-state index contributed by atoms with van der Waals surface area (Å²) in [6.45, 7) is 3.18. The molecule has 1 aromatic carbocycles. The van der Waals surface area contributed by atoms with E-state index in [-0.39, 0.29) is 11.8 Å². The lowest BCUT2D eigenvalue weighted by molar-refractivity contribution is -0.130. The van der Waals surface area contributed by atoms with Gasteiger partial charge in [-0.1, -0.05) is 23.2 Å². The number of carbonyl (C=O) groups excluding carboxylic acids is 2. The summed E-state index contributed by atoms with van der Waals surface area (Å²) in [5.41, 5.74) is 0. The topological polar surface area (TPSA) is 52.7 Å². The van der Waals surface area contributed by atoms with Crippen LogP contribution in [0.25, 0.3) is 0 Å². The quantitative estimate of drug-likeness (QED) is 0.743. The molecule has 0 aromatic heterocycles. The minimum atomic E-state index is 0.0862. The third-order valence-electron chi connectivity index (χ3n) is 4.28. The number of piperazine rings is 1. The second-order valence-electron chi connectivity index (χ2n) is 6.36. The van der Waals surface area contributed by atoms with Crippen molar-refractivity contribution in [2.75, 3.05) is 38.5 Å². The molecule has 2 amide bonds. The second kappa shape index (κ2) is 8.62. The molecule has 1 heterocycles. The predicted octanol–water partition coefficient (Wildman–Crippen LogP) is 2.51. The zero-order valence-electron chi connectivity index (χ0n) is 13.8. The minimum absolute atomic E-state index is 0.0862. The van der Waals surface area contributed by atoms with Crippen LogP contribution in [0.1, 0.15) is 12.8 Å². The van der Waals surface area contributed by atoms with Gasteiger partial charge in [0, 0.05) is 42.1 Å². The monoisotopic (exact) mass is 401 g/mol. The SMILES string of the molecule is O=C(CN1CCN(C(=O)CSc2cc(Cl)ccc2Cl)CC1)NC1CC1. The number of rotatable bonds is 6. The average molecular weight is 402 g/mol. The number of halogens is 2. The molecule has 0 unspecified atom stereocenters. The Balaban J connectivity index is 1.40. The van der Waals surface area contributed by atoms with Crippen LogP contribution in [0.4, 0.5) is 0 Å². The van der Waals surface area contributed by atoms with E-state index in [4.69, 9.17) is 23.2 Å². The van der Waals surface area contributed by atoms with Gasteiger partial charge in [0.1, 0.15) is 0 Å². The van der Waals surface area contributed by atoms with Gasteiger partial charge in [0.15, 0.2) is 0 Å². The fourth-order valence-corrected chi connectivity index (χ4v) is 4.07. The number of nitrogens with one attached hydrogen (secondary N) is 1. The van der Waals surface area contributed by atoms with Crippen molar-refractivity contribution in [1.82, 2.24) is 15.1 Å². The van der Waals surface area contributed by atoms with E-state index >= 15 is 0 Å². The molecule has 1 aromatic rings. The first-order valence-electron chi connectivity index (χ1n) is 8.38. The van der Waals surface area contributed by atoms with Crippen LogP contribution in [0.15, 0.2) is 23.1 Å². The van der Waals surface area contributed by atoms with Gasteiger partial charge in [-0.2, -0.15) is 0 Å². The number of benzene rings is 1. The minimum Gasteiger partial charge on any atom is -0.352 e. The molecule has 1 N–H and O–H groups in total. The Morgan fingerprint density at radius 2 is 1.88 bits per heavy atom. The molecule has 2 fully saturated rings. The van der Waals surface area contributed by atoms with Crippen LogP contribution in [0.3, 0.4) is 0 Å². The second-order valence-corrected chi connectivity index (χ2v) is 8.22. The number of nitrogens with zero attached hydrogens (tertiary/aromatic N) is 2. The van der Waals surface area contributed by atoms with Crippen LogP contribution < -0.4 is 5.32 Å². The Morgan fingerprint density at radius 3 is 2.56 bits per heavy atom. The molecule has 3 rings (SSSR count). The van der Waals surface area contributed by atoms with Gasteiger partial charge >= 0.3 is 0 Å². The normalized spacial score (nSPS) is 18.2. The highest BCUT2D eigenvalue weighted by atomic mass is 35.5. The lowest BCUT2D eigenvalue weighted by Gasteiger charge is -2.34. The Kier molecular flexibility index (Phi) is 6.49. The molecule has 5 nitrogen and oxygen atoms in total. The van der Waals surface area contributed by atoms with Crippen LogP contribution in [-0.4, -0.2) is 66.1 Å². The van der Waals surface area contributed by atoms with E-state index in [0.29, 0.717) is 41.5 Å². The van der Waals surface area contributed by atoms with Crippen LogP contribution in [0.2, 0.25) is 10.0 Å². The maximum atomic E-state index is 12.4. The molecule has 136 valence electrons. The molecule has 25 heavy (non-hydrogen) atoms. The highest BCUT2D eigenvalue weighted by molar-refractivity contribution is 8.00. The van der Waals surface area contributed by atoms with E-state index in [2.05, 4.69) is 10.2 Å². The van der Waals surface area contributed by atoms with Crippen molar-refractivity contribution in [3.05, 3.63) is 28.2 Å². The first-order chi connectivity index (χ1) is 12.0. The molecule has 1 saturated carbocycles. The molecule has 0 radical (unpaired) electrons. The highest BCUT2D eigenvalue weighted by Crippen LogP contribution is 2.30. The first kappa shape index (κ1) is 18.8. The summed E-state index contributed by atoms with van der Waals surface area (Å²) in [6.07, 6.45) is 2.20. The molecule has 1 saturated heterocycles. The fraction of sp³-hybridized carbons (Fsp3) is 0.529. The third kappa shape index (κ3) is 5.78. The van der Waals surface area contributed by atoms with Crippen LogP contribution >= 0.6 is 35.0 Å². The molecule has 2 aliphatic rings. The standard InChI is InChI=1S/C17H21Cl2N3O2S/c18-12-1-4-14(19)15(9-12)25-11-17(24)22-7-5-21(6-8-22)10-16(23)20-13-2-3-13/h1,4,9,13H,2-3,5-8,10-11H2,(H,20,23). The van der Waals surface area contributed by atoms with Gasteiger partial charge < -0.3 is 10.2 Å². The van der Waals surface area contributed by atoms with Gasteiger partial charge in [-0.15, -0.1) is 11.8 Å². The molecule has 0 atom stereocenters. The summed E-state index contributed by atoms with van der Waals surface area (Å²) in [6, 6.07) is 5.64. The molecule has 0 spiro atoms. The van der Waals surface area contributed by atoms with Crippen molar-refractivity contribution in [1.29, 1.82) is 0 Å². The van der Waals surface area contributed by atoms with Crippen molar-refractivity contribution < 1.29 is 9.59 Å². The lowest BCUT2D eigenvalue weighted by atomic mass is 10.3. The maximum absolute atomic E-state index is 12.4. The number of thioether (sulfide) groups is 1. The maximum Gasteiger partial charge on any atom is 0.234 e. The van der Waals surface area contributed by atoms with E-state index in [9.17, 15) is 9.59 Å². The van der Waals surface area contributed by atoms with Gasteiger partial charge in [-0.05, 0) is 31.0 Å². The molecule has 1 aliphatic carbocycles. The van der Waals surface area contributed by atoms with Crippen molar-refractivity contribution in [2.45, 2.75) is 23.8 Å². The van der Waals surface area contributed by atoms with Gasteiger partial charge in [0.2, 0.25) is 11.8 Å². The van der Waals surface area contributed by atoms with Crippen molar-refractivity contribution in [2.24, 2.45) is 0 Å². The summed E-state index contributed by atoms with van der Waals surface area (Å²) in [4.78, 5) is 29.0. The molecule has 1 aliphatic heterocycles. The Bertz CT molecular complexity index is 647. The summed E-state index contributed by atoms with van der Waals surface area (Å²) >= 11 is 13.5. The van der Waals surface area contributed by atoms with Crippen LogP contribution in [-0.2, 0) is 9.59 Å². The highest BCUT2D eigenvalue weighted by Gasteiger charge is 2.26. The number of amides is 2. The lowest BCUT2D eigenvalue weighted by Crippen LogP contribution is -2.51. The zero-order chi connectivity index (χ0) is 17.8. The van der Waals surface area contributed by atoms with E-state index < -0.39 is 0 Å². The van der Waals surface area contributed by atoms with Gasteiger partial charge in [0.05, 0.1) is 17.3 Å². The van der Waals surface area contributed by atoms with E-state index in [1.54, 1.807) is 18.2 Å². The van der Waals surface area contributed by atoms with Crippen molar-refractivity contribution >= 4 is 46.8 Å². The predicted molar refractivity (Wildman–Crippen MR) is 101 cm³/mol. The number of carbonyl (C=O) groups is 2. The summed E-state index contributed by atoms with van der Waals surface area (Å²) < 4.78 is 0. The van der Waals surface area contributed by atoms with E-state index in [0.717, 1.165) is 30.8 Å². The molecule has 8 heteroatoms. The van der Waals surface area contributed by atoms with Gasteiger partial charge in [-0.3, -0.25) is 14.5 Å². The average Bonchev–Trinajstić information content (AvgIpc) is 3.40. The summed E-state index contributed by atoms with van der Waals surface area (Å²) in [5, 5.41) is 4.21. The molecule has 0 bridgehead atoms. The van der Waals surface area contributed by atoms with Crippen molar-refractivity contribution in [3.8, 4) is 0 Å². The Hall–Kier alpha value is -0.950. The van der Waals surface area contributed by atoms with E-state index in [1.165, 1.54) is 11.8 Å². The van der Waals surface area contributed by atoms with Crippen molar-refractivity contribution in [3.63, 3.8) is 0 Å². The Labute approximate surface area is 162 Å². The van der Waals surface area contributed by atoms with Gasteiger partial charge in [0.25, 0.3) is 0 Å².